The van der Waals surface area contributed by atoms with E-state index in [1.807, 2.05) is 0 Å². The molecule has 3 heterocycles. The summed E-state index contributed by atoms with van der Waals surface area (Å²) in [5, 5.41) is 0.731. The molecular weight excluding hydrogens is 452 g/mol. The molecule has 1 aliphatic heterocycles. The molecule has 11 nitrogen and oxygen atoms in total. The molecule has 0 saturated carbocycles. The fraction of sp³-hybridized carbons (Fsp3) is 0.619. The van der Waals surface area contributed by atoms with Crippen LogP contribution in [0.3, 0.4) is 0 Å². The van der Waals surface area contributed by atoms with Crippen molar-refractivity contribution in [2.75, 3.05) is 12.4 Å². The molecule has 0 aliphatic carbocycles. The topological polar surface area (TPSA) is 132 Å². The Morgan fingerprint density at radius 2 is 1.76 bits per heavy atom. The van der Waals surface area contributed by atoms with Gasteiger partial charge in [-0.15, -0.1) is 11.8 Å². The SMILES string of the molecule is CC(=O)OC[C@H]1O[C@@H](n2cnc3c(SCCC(C)C)ncnc32)C(OC(C)=O)C1OC(C)=O. The number of rotatable bonds is 9. The zero-order chi connectivity index (χ0) is 24.1. The minimum Gasteiger partial charge on any atom is -0.463 e. The molecule has 0 N–H and O–H groups in total. The second-order valence-electron chi connectivity index (χ2n) is 8.05. The van der Waals surface area contributed by atoms with Crippen molar-refractivity contribution in [1.29, 1.82) is 0 Å². The van der Waals surface area contributed by atoms with Crippen molar-refractivity contribution in [3.8, 4) is 0 Å². The predicted octanol–water partition coefficient (Wildman–Crippen LogP) is 2.29. The van der Waals surface area contributed by atoms with Gasteiger partial charge >= 0.3 is 17.9 Å². The smallest absolute Gasteiger partial charge is 0.303 e. The van der Waals surface area contributed by atoms with E-state index in [0.717, 1.165) is 17.2 Å². The first kappa shape index (κ1) is 24.9. The maximum Gasteiger partial charge on any atom is 0.303 e. The summed E-state index contributed by atoms with van der Waals surface area (Å²) in [5.41, 5.74) is 1.07. The molecule has 0 spiro atoms. The van der Waals surface area contributed by atoms with Gasteiger partial charge < -0.3 is 18.9 Å². The maximum absolute atomic E-state index is 11.9. The molecule has 2 unspecified atom stereocenters. The van der Waals surface area contributed by atoms with E-state index in [4.69, 9.17) is 18.9 Å². The van der Waals surface area contributed by atoms with Crippen molar-refractivity contribution in [1.82, 2.24) is 19.5 Å². The first-order chi connectivity index (χ1) is 15.7. The number of hydrogen-bond donors (Lipinski definition) is 0. The van der Waals surface area contributed by atoms with Crippen LogP contribution in [0.25, 0.3) is 11.2 Å². The van der Waals surface area contributed by atoms with Crippen LogP contribution in [0.15, 0.2) is 17.7 Å². The quantitative estimate of drug-likeness (QED) is 0.227. The van der Waals surface area contributed by atoms with Crippen molar-refractivity contribution >= 4 is 40.8 Å². The van der Waals surface area contributed by atoms with Crippen molar-refractivity contribution in [3.05, 3.63) is 12.7 Å². The predicted molar refractivity (Wildman–Crippen MR) is 117 cm³/mol. The van der Waals surface area contributed by atoms with Gasteiger partial charge in [-0.2, -0.15) is 0 Å². The molecule has 0 bridgehead atoms. The second kappa shape index (κ2) is 10.9. The van der Waals surface area contributed by atoms with Crippen molar-refractivity contribution < 1.29 is 33.3 Å². The number of carbonyl (C=O) groups excluding carboxylic acids is 3. The van der Waals surface area contributed by atoms with Crippen LogP contribution in [0, 0.1) is 5.92 Å². The molecule has 180 valence electrons. The highest BCUT2D eigenvalue weighted by molar-refractivity contribution is 7.99. The zero-order valence-electron chi connectivity index (χ0n) is 19.2. The van der Waals surface area contributed by atoms with E-state index in [-0.39, 0.29) is 6.61 Å². The molecule has 33 heavy (non-hydrogen) atoms. The van der Waals surface area contributed by atoms with E-state index in [1.54, 1.807) is 16.3 Å². The third kappa shape index (κ3) is 6.20. The molecule has 1 fully saturated rings. The van der Waals surface area contributed by atoms with Crippen molar-refractivity contribution in [3.63, 3.8) is 0 Å². The van der Waals surface area contributed by atoms with Crippen LogP contribution in [0.5, 0.6) is 0 Å². The average molecular weight is 481 g/mol. The summed E-state index contributed by atoms with van der Waals surface area (Å²) in [7, 11) is 0. The summed E-state index contributed by atoms with van der Waals surface area (Å²) in [4.78, 5) is 48.1. The third-order valence-corrected chi connectivity index (χ3v) is 5.89. The first-order valence-electron chi connectivity index (χ1n) is 10.6. The van der Waals surface area contributed by atoms with Gasteiger partial charge in [-0.3, -0.25) is 19.0 Å². The number of imidazole rings is 1. The lowest BCUT2D eigenvalue weighted by atomic mass is 10.1. The third-order valence-electron chi connectivity index (χ3n) is 4.87. The highest BCUT2D eigenvalue weighted by Gasteiger charge is 2.51. The molecular formula is C21H28N4O7S. The van der Waals surface area contributed by atoms with E-state index in [1.165, 1.54) is 33.4 Å². The molecule has 3 rings (SSSR count). The van der Waals surface area contributed by atoms with Crippen LogP contribution >= 0.6 is 11.8 Å². The average Bonchev–Trinajstić information content (AvgIpc) is 3.28. The lowest BCUT2D eigenvalue weighted by Crippen LogP contribution is -2.40. The van der Waals surface area contributed by atoms with E-state index >= 15 is 0 Å². The molecule has 12 heteroatoms. The van der Waals surface area contributed by atoms with Crippen LogP contribution in [-0.4, -0.2) is 68.1 Å². The molecule has 2 aromatic heterocycles. The van der Waals surface area contributed by atoms with E-state index in [9.17, 15) is 14.4 Å². The summed E-state index contributed by atoms with van der Waals surface area (Å²) in [6.45, 7) is 7.88. The Morgan fingerprint density at radius 3 is 2.39 bits per heavy atom. The van der Waals surface area contributed by atoms with Crippen molar-refractivity contribution in [2.45, 2.75) is 70.6 Å². The highest BCUT2D eigenvalue weighted by atomic mass is 32.2. The van der Waals surface area contributed by atoms with Gasteiger partial charge in [0.05, 0.1) is 6.33 Å². The van der Waals surface area contributed by atoms with E-state index < -0.39 is 42.4 Å². The number of esters is 3. The lowest BCUT2D eigenvalue weighted by Gasteiger charge is -2.23. The van der Waals surface area contributed by atoms with Crippen LogP contribution in [0.2, 0.25) is 0 Å². The molecule has 0 radical (unpaired) electrons. The number of carbonyl (C=O) groups is 3. The molecule has 1 aliphatic rings. The minimum atomic E-state index is -1.00. The normalized spacial score (nSPS) is 22.5. The Labute approximate surface area is 195 Å². The monoisotopic (exact) mass is 480 g/mol. The Kier molecular flexibility index (Phi) is 8.25. The molecule has 1 saturated heterocycles. The van der Waals surface area contributed by atoms with Crippen LogP contribution < -0.4 is 0 Å². The van der Waals surface area contributed by atoms with Crippen molar-refractivity contribution in [2.24, 2.45) is 5.92 Å². The van der Waals surface area contributed by atoms with Gasteiger partial charge in [0.25, 0.3) is 0 Å². The van der Waals surface area contributed by atoms with E-state index in [2.05, 4.69) is 28.8 Å². The fourth-order valence-corrected chi connectivity index (χ4v) is 4.62. The number of nitrogens with zero attached hydrogens (tertiary/aromatic N) is 4. The number of ether oxygens (including phenoxy) is 4. The Bertz CT molecular complexity index is 1010. The maximum atomic E-state index is 11.9. The summed E-state index contributed by atoms with van der Waals surface area (Å²) in [6.07, 6.45) is 0.226. The molecule has 0 aromatic carbocycles. The standard InChI is InChI=1S/C21H28N4O7S/c1-11(2)6-7-33-20-16-19(22-9-23-20)25(10-24-16)21-18(31-14(5)28)17(30-13(4)27)15(32-21)8-29-12(3)26/h9-11,15,17-18,21H,6-8H2,1-5H3/t15-,17?,18?,21-/m1/s1. The van der Waals surface area contributed by atoms with E-state index in [0.29, 0.717) is 17.1 Å². The Morgan fingerprint density at radius 1 is 1.06 bits per heavy atom. The first-order valence-corrected chi connectivity index (χ1v) is 11.6. The minimum absolute atomic E-state index is 0.181. The number of hydrogen-bond acceptors (Lipinski definition) is 11. The van der Waals surface area contributed by atoms with Gasteiger partial charge in [-0.05, 0) is 18.1 Å². The fourth-order valence-electron chi connectivity index (χ4n) is 3.43. The summed E-state index contributed by atoms with van der Waals surface area (Å²) >= 11 is 1.59. The summed E-state index contributed by atoms with van der Waals surface area (Å²) in [5.74, 6) is -0.238. The van der Waals surface area contributed by atoms with Gasteiger partial charge in [0.1, 0.15) is 29.6 Å². The number of fused-ring (bicyclic) bond motifs is 1. The molecule has 2 aromatic rings. The van der Waals surface area contributed by atoms with Crippen LogP contribution in [0.4, 0.5) is 0 Å². The highest BCUT2D eigenvalue weighted by Crippen LogP contribution is 2.36. The van der Waals surface area contributed by atoms with Crippen LogP contribution in [0.1, 0.15) is 47.3 Å². The van der Waals surface area contributed by atoms with Gasteiger partial charge in [0, 0.05) is 20.8 Å². The lowest BCUT2D eigenvalue weighted by molar-refractivity contribution is -0.166. The zero-order valence-corrected chi connectivity index (χ0v) is 20.0. The number of aromatic nitrogens is 4. The van der Waals surface area contributed by atoms with Gasteiger partial charge in [-0.25, -0.2) is 15.0 Å². The van der Waals surface area contributed by atoms with Crippen LogP contribution in [-0.2, 0) is 33.3 Å². The largest absolute Gasteiger partial charge is 0.463 e. The summed E-state index contributed by atoms with van der Waals surface area (Å²) in [6, 6.07) is 0. The Balaban J connectivity index is 1.95. The molecule has 0 amide bonds. The van der Waals surface area contributed by atoms with Gasteiger partial charge in [0.15, 0.2) is 24.1 Å². The molecule has 4 atom stereocenters. The van der Waals surface area contributed by atoms with Gasteiger partial charge in [-0.1, -0.05) is 13.8 Å². The Hall–Kier alpha value is -2.73. The second-order valence-corrected chi connectivity index (χ2v) is 9.13. The summed E-state index contributed by atoms with van der Waals surface area (Å²) < 4.78 is 23.7. The van der Waals surface area contributed by atoms with Gasteiger partial charge in [0.2, 0.25) is 0 Å². The number of thioether (sulfide) groups is 1.